The van der Waals surface area contributed by atoms with Crippen LogP contribution in [0.2, 0.25) is 0 Å². The molecular formula is C13H9NO6. The predicted octanol–water partition coefficient (Wildman–Crippen LogP) is 2.45. The fourth-order valence-electron chi connectivity index (χ4n) is 1.78. The van der Waals surface area contributed by atoms with Crippen molar-refractivity contribution in [3.05, 3.63) is 51.8 Å². The third kappa shape index (κ3) is 2.28. The highest BCUT2D eigenvalue weighted by atomic mass is 16.6. The van der Waals surface area contributed by atoms with E-state index in [0.29, 0.717) is 6.29 Å². The molecule has 1 aromatic carbocycles. The summed E-state index contributed by atoms with van der Waals surface area (Å²) in [5, 5.41) is 11.0. The molecule has 7 nitrogen and oxygen atoms in total. The summed E-state index contributed by atoms with van der Waals surface area (Å²) in [4.78, 5) is 32.7. The third-order valence-corrected chi connectivity index (χ3v) is 2.64. The third-order valence-electron chi connectivity index (χ3n) is 2.64. The number of methoxy groups -OCH3 is 1. The van der Waals surface area contributed by atoms with Crippen molar-refractivity contribution in [1.82, 2.24) is 0 Å². The van der Waals surface area contributed by atoms with E-state index in [1.54, 1.807) is 0 Å². The lowest BCUT2D eigenvalue weighted by Crippen LogP contribution is -2.07. The number of ether oxygens (including phenoxy) is 1. The second-order valence-corrected chi connectivity index (χ2v) is 3.77. The number of hydrogen-bond acceptors (Lipinski definition) is 6. The van der Waals surface area contributed by atoms with Crippen molar-refractivity contribution >= 4 is 17.9 Å². The highest BCUT2D eigenvalue weighted by molar-refractivity contribution is 6.00. The van der Waals surface area contributed by atoms with Gasteiger partial charge in [0.1, 0.15) is 11.3 Å². The summed E-state index contributed by atoms with van der Waals surface area (Å²) in [5.41, 5.74) is -0.413. The minimum atomic E-state index is -0.851. The van der Waals surface area contributed by atoms with Crippen LogP contribution < -0.4 is 0 Å². The Morgan fingerprint density at radius 3 is 2.65 bits per heavy atom. The maximum Gasteiger partial charge on any atom is 0.345 e. The van der Waals surface area contributed by atoms with Gasteiger partial charge in [0.2, 0.25) is 0 Å². The van der Waals surface area contributed by atoms with Gasteiger partial charge in [-0.05, 0) is 18.2 Å². The van der Waals surface area contributed by atoms with Crippen molar-refractivity contribution in [1.29, 1.82) is 0 Å². The maximum atomic E-state index is 11.8. The van der Waals surface area contributed by atoms with Crippen LogP contribution in [0.25, 0.3) is 11.3 Å². The van der Waals surface area contributed by atoms with Crippen molar-refractivity contribution in [2.24, 2.45) is 0 Å². The second-order valence-electron chi connectivity index (χ2n) is 3.77. The summed E-state index contributed by atoms with van der Waals surface area (Å²) in [6, 6.07) is 6.95. The number of nitro groups is 1. The Morgan fingerprint density at radius 1 is 1.35 bits per heavy atom. The monoisotopic (exact) mass is 275 g/mol. The Labute approximate surface area is 112 Å². The van der Waals surface area contributed by atoms with Crippen molar-refractivity contribution < 1.29 is 23.7 Å². The molecule has 0 unspecified atom stereocenters. The van der Waals surface area contributed by atoms with Crippen LogP contribution in [0.5, 0.6) is 0 Å². The van der Waals surface area contributed by atoms with E-state index >= 15 is 0 Å². The molecule has 20 heavy (non-hydrogen) atoms. The fraction of sp³-hybridized carbons (Fsp3) is 0.0769. The van der Waals surface area contributed by atoms with E-state index in [1.807, 2.05) is 0 Å². The molecule has 102 valence electrons. The van der Waals surface area contributed by atoms with Crippen molar-refractivity contribution in [3.8, 4) is 11.3 Å². The number of carbonyl (C=O) groups is 2. The topological polar surface area (TPSA) is 99.7 Å². The Balaban J connectivity index is 2.68. The zero-order chi connectivity index (χ0) is 14.7. The van der Waals surface area contributed by atoms with E-state index in [0.717, 1.165) is 7.11 Å². The molecule has 0 aliphatic heterocycles. The number of nitro benzene ring substituents is 1. The van der Waals surface area contributed by atoms with E-state index in [4.69, 9.17) is 4.42 Å². The first-order valence-corrected chi connectivity index (χ1v) is 5.49. The molecule has 0 amide bonds. The number of nitrogens with zero attached hydrogens (tertiary/aromatic N) is 1. The normalized spacial score (nSPS) is 10.1. The highest BCUT2D eigenvalue weighted by Gasteiger charge is 2.26. The molecule has 0 saturated heterocycles. The van der Waals surface area contributed by atoms with Crippen molar-refractivity contribution in [2.45, 2.75) is 0 Å². The molecule has 7 heteroatoms. The van der Waals surface area contributed by atoms with Gasteiger partial charge in [-0.3, -0.25) is 14.9 Å². The van der Waals surface area contributed by atoms with E-state index in [-0.39, 0.29) is 22.6 Å². The average molecular weight is 275 g/mol. The minimum absolute atomic E-state index is 0.0577. The number of aldehydes is 1. The maximum absolute atomic E-state index is 11.8. The predicted molar refractivity (Wildman–Crippen MR) is 67.5 cm³/mol. The number of carbonyl (C=O) groups excluding carboxylic acids is 2. The summed E-state index contributed by atoms with van der Waals surface area (Å²) in [7, 11) is 1.13. The van der Waals surface area contributed by atoms with E-state index in [1.165, 1.54) is 30.3 Å². The van der Waals surface area contributed by atoms with Crippen LogP contribution >= 0.6 is 0 Å². The Morgan fingerprint density at radius 2 is 2.10 bits per heavy atom. The van der Waals surface area contributed by atoms with Crippen LogP contribution in [-0.4, -0.2) is 24.3 Å². The quantitative estimate of drug-likeness (QED) is 0.367. The standard InChI is InChI=1S/C13H9NO6/c1-19-13(16)12-9(3-2-4-10(12)14(17)18)11-6-5-8(7-15)20-11/h2-7H,1H3. The number of esters is 1. The van der Waals surface area contributed by atoms with E-state index < -0.39 is 16.6 Å². The first-order valence-electron chi connectivity index (χ1n) is 5.49. The number of rotatable bonds is 4. The lowest BCUT2D eigenvalue weighted by Gasteiger charge is -2.06. The molecule has 1 heterocycles. The zero-order valence-corrected chi connectivity index (χ0v) is 10.4. The minimum Gasteiger partial charge on any atom is -0.465 e. The lowest BCUT2D eigenvalue weighted by atomic mass is 10.0. The van der Waals surface area contributed by atoms with Crippen molar-refractivity contribution in [3.63, 3.8) is 0 Å². The number of benzene rings is 1. The SMILES string of the molecule is COC(=O)c1c(-c2ccc(C=O)o2)cccc1[N+](=O)[O-]. The molecule has 2 rings (SSSR count). The van der Waals surface area contributed by atoms with Gasteiger partial charge in [0.25, 0.3) is 5.69 Å². The van der Waals surface area contributed by atoms with Gasteiger partial charge in [0, 0.05) is 11.6 Å². The summed E-state index contributed by atoms with van der Waals surface area (Å²) in [6.45, 7) is 0. The van der Waals surface area contributed by atoms with Gasteiger partial charge in [0.15, 0.2) is 12.0 Å². The molecular weight excluding hydrogens is 266 g/mol. The lowest BCUT2D eigenvalue weighted by molar-refractivity contribution is -0.385. The smallest absolute Gasteiger partial charge is 0.345 e. The van der Waals surface area contributed by atoms with Crippen LogP contribution in [0.1, 0.15) is 20.9 Å². The van der Waals surface area contributed by atoms with Crippen LogP contribution in [0.4, 0.5) is 5.69 Å². The van der Waals surface area contributed by atoms with Gasteiger partial charge in [0.05, 0.1) is 12.0 Å². The van der Waals surface area contributed by atoms with E-state index in [2.05, 4.69) is 4.74 Å². The summed E-state index contributed by atoms with van der Waals surface area (Å²) < 4.78 is 9.76. The average Bonchev–Trinajstić information content (AvgIpc) is 2.94. The zero-order valence-electron chi connectivity index (χ0n) is 10.4. The molecule has 0 N–H and O–H groups in total. The first-order chi connectivity index (χ1) is 9.58. The molecule has 0 saturated carbocycles. The number of furan rings is 1. The van der Waals surface area contributed by atoms with Gasteiger partial charge in [-0.2, -0.15) is 0 Å². The van der Waals surface area contributed by atoms with Gasteiger partial charge in [-0.25, -0.2) is 4.79 Å². The van der Waals surface area contributed by atoms with Crippen LogP contribution in [0.3, 0.4) is 0 Å². The molecule has 0 radical (unpaired) electrons. The Kier molecular flexibility index (Phi) is 3.60. The molecule has 0 bridgehead atoms. The second kappa shape index (κ2) is 5.35. The molecule has 0 spiro atoms. The van der Waals surface area contributed by atoms with Crippen molar-refractivity contribution in [2.75, 3.05) is 7.11 Å². The van der Waals surface area contributed by atoms with Gasteiger partial charge in [-0.1, -0.05) is 6.07 Å². The van der Waals surface area contributed by atoms with E-state index in [9.17, 15) is 19.7 Å². The Hall–Kier alpha value is -2.96. The summed E-state index contributed by atoms with van der Waals surface area (Å²) >= 11 is 0. The van der Waals surface area contributed by atoms with Crippen LogP contribution in [-0.2, 0) is 4.74 Å². The van der Waals surface area contributed by atoms with Gasteiger partial charge >= 0.3 is 5.97 Å². The molecule has 2 aromatic rings. The summed E-state index contributed by atoms with van der Waals surface area (Å²) in [6.07, 6.45) is 0.499. The number of hydrogen-bond donors (Lipinski definition) is 0. The van der Waals surface area contributed by atoms with Gasteiger partial charge in [-0.15, -0.1) is 0 Å². The molecule has 1 aromatic heterocycles. The molecule has 0 fully saturated rings. The van der Waals surface area contributed by atoms with Crippen LogP contribution in [0, 0.1) is 10.1 Å². The Bertz CT molecular complexity index is 688. The fourth-order valence-corrected chi connectivity index (χ4v) is 1.78. The van der Waals surface area contributed by atoms with Crippen LogP contribution in [0.15, 0.2) is 34.7 Å². The molecule has 0 aliphatic carbocycles. The highest BCUT2D eigenvalue weighted by Crippen LogP contribution is 2.32. The largest absolute Gasteiger partial charge is 0.465 e. The van der Waals surface area contributed by atoms with Gasteiger partial charge < -0.3 is 9.15 Å². The summed E-state index contributed by atoms with van der Waals surface area (Å²) in [5.74, 6) is -0.616. The molecule has 0 aliphatic rings. The first kappa shape index (κ1) is 13.5. The molecule has 0 atom stereocenters.